The van der Waals surface area contributed by atoms with E-state index in [2.05, 4.69) is 12.2 Å². The number of hydrogen-bond acceptors (Lipinski definition) is 3. The van der Waals surface area contributed by atoms with Crippen LogP contribution in [0.5, 0.6) is 0 Å². The van der Waals surface area contributed by atoms with Gasteiger partial charge in [-0.3, -0.25) is 0 Å². The zero-order valence-electron chi connectivity index (χ0n) is 11.5. The van der Waals surface area contributed by atoms with Crippen LogP contribution >= 0.6 is 0 Å². The van der Waals surface area contributed by atoms with Crippen LogP contribution in [0.2, 0.25) is 0 Å². The Morgan fingerprint density at radius 2 is 1.94 bits per heavy atom. The molecular formula is C14H29NO2. The van der Waals surface area contributed by atoms with E-state index in [4.69, 9.17) is 9.47 Å². The fourth-order valence-electron chi connectivity index (χ4n) is 2.67. The predicted molar refractivity (Wildman–Crippen MR) is 71.4 cm³/mol. The molecule has 102 valence electrons. The summed E-state index contributed by atoms with van der Waals surface area (Å²) in [6.07, 6.45) is 8.04. The number of nitrogens with one attached hydrogen (secondary N) is 1. The maximum atomic E-state index is 5.45. The van der Waals surface area contributed by atoms with Crippen molar-refractivity contribution in [2.24, 2.45) is 5.92 Å². The smallest absolute Gasteiger partial charge is 0.0700 e. The minimum Gasteiger partial charge on any atom is -0.382 e. The summed E-state index contributed by atoms with van der Waals surface area (Å²) in [5, 5.41) is 3.70. The van der Waals surface area contributed by atoms with E-state index in [-0.39, 0.29) is 0 Å². The highest BCUT2D eigenvalue weighted by Crippen LogP contribution is 2.26. The second kappa shape index (κ2) is 9.86. The van der Waals surface area contributed by atoms with Crippen LogP contribution in [-0.2, 0) is 9.47 Å². The Morgan fingerprint density at radius 1 is 1.12 bits per heavy atom. The van der Waals surface area contributed by atoms with Crippen LogP contribution in [0.1, 0.15) is 45.4 Å². The second-order valence-electron chi connectivity index (χ2n) is 4.97. The average molecular weight is 243 g/mol. The van der Waals surface area contributed by atoms with E-state index in [9.17, 15) is 0 Å². The Bertz CT molecular complexity index is 176. The van der Waals surface area contributed by atoms with Crippen LogP contribution < -0.4 is 5.32 Å². The molecule has 0 saturated heterocycles. The molecule has 0 bridgehead atoms. The zero-order valence-corrected chi connectivity index (χ0v) is 11.5. The quantitative estimate of drug-likeness (QED) is 0.631. The molecule has 1 aliphatic carbocycles. The lowest BCUT2D eigenvalue weighted by Crippen LogP contribution is -2.39. The Hall–Kier alpha value is -0.120. The highest BCUT2D eigenvalue weighted by Gasteiger charge is 2.22. The van der Waals surface area contributed by atoms with Crippen molar-refractivity contribution in [2.45, 2.75) is 51.5 Å². The summed E-state index contributed by atoms with van der Waals surface area (Å²) in [4.78, 5) is 0. The third-order valence-electron chi connectivity index (χ3n) is 3.74. The lowest BCUT2D eigenvalue weighted by Gasteiger charge is -2.31. The molecule has 1 fully saturated rings. The molecule has 3 heteroatoms. The van der Waals surface area contributed by atoms with Crippen molar-refractivity contribution < 1.29 is 9.47 Å². The van der Waals surface area contributed by atoms with Crippen molar-refractivity contribution in [3.8, 4) is 0 Å². The largest absolute Gasteiger partial charge is 0.382 e. The number of methoxy groups -OCH3 is 1. The zero-order chi connectivity index (χ0) is 12.3. The Kier molecular flexibility index (Phi) is 8.67. The lowest BCUT2D eigenvalue weighted by molar-refractivity contribution is 0.0687. The minimum atomic E-state index is 0.702. The molecule has 2 atom stereocenters. The van der Waals surface area contributed by atoms with E-state index in [0.717, 1.165) is 38.1 Å². The monoisotopic (exact) mass is 243 g/mol. The van der Waals surface area contributed by atoms with Gasteiger partial charge in [0.05, 0.1) is 13.2 Å². The van der Waals surface area contributed by atoms with Crippen molar-refractivity contribution in [3.63, 3.8) is 0 Å². The van der Waals surface area contributed by atoms with Gasteiger partial charge in [0.2, 0.25) is 0 Å². The Morgan fingerprint density at radius 3 is 2.71 bits per heavy atom. The van der Waals surface area contributed by atoms with Gasteiger partial charge in [-0.05, 0) is 31.7 Å². The summed E-state index contributed by atoms with van der Waals surface area (Å²) in [5.41, 5.74) is 0. The molecular weight excluding hydrogens is 214 g/mol. The summed E-state index contributed by atoms with van der Waals surface area (Å²) in [6.45, 7) is 5.68. The van der Waals surface area contributed by atoms with Crippen molar-refractivity contribution in [1.29, 1.82) is 0 Å². The van der Waals surface area contributed by atoms with Crippen LogP contribution in [0.25, 0.3) is 0 Å². The first kappa shape index (κ1) is 14.9. The fourth-order valence-corrected chi connectivity index (χ4v) is 2.67. The van der Waals surface area contributed by atoms with Gasteiger partial charge in [0.15, 0.2) is 0 Å². The van der Waals surface area contributed by atoms with Crippen molar-refractivity contribution in [1.82, 2.24) is 5.32 Å². The molecule has 0 aromatic rings. The van der Waals surface area contributed by atoms with Gasteiger partial charge in [-0.2, -0.15) is 0 Å². The standard InChI is InChI=1S/C14H29NO2/c1-3-13-7-4-5-8-14(13)15-9-6-10-17-12-11-16-2/h13-15H,3-12H2,1-2H3. The molecule has 0 aliphatic heterocycles. The van der Waals surface area contributed by atoms with Crippen LogP contribution in [0, 0.1) is 5.92 Å². The second-order valence-corrected chi connectivity index (χ2v) is 4.97. The van der Waals surface area contributed by atoms with Crippen molar-refractivity contribution in [2.75, 3.05) is 33.5 Å². The molecule has 1 saturated carbocycles. The first-order chi connectivity index (χ1) is 8.38. The van der Waals surface area contributed by atoms with E-state index in [0.29, 0.717) is 6.61 Å². The molecule has 17 heavy (non-hydrogen) atoms. The molecule has 0 amide bonds. The first-order valence-electron chi connectivity index (χ1n) is 7.18. The normalized spacial score (nSPS) is 25.1. The number of hydrogen-bond donors (Lipinski definition) is 1. The van der Waals surface area contributed by atoms with Crippen LogP contribution in [0.4, 0.5) is 0 Å². The number of ether oxygens (including phenoxy) is 2. The predicted octanol–water partition coefficient (Wildman–Crippen LogP) is 2.60. The third-order valence-corrected chi connectivity index (χ3v) is 3.74. The lowest BCUT2D eigenvalue weighted by atomic mass is 9.83. The molecule has 1 N–H and O–H groups in total. The molecule has 3 nitrogen and oxygen atoms in total. The van der Waals surface area contributed by atoms with Gasteiger partial charge in [0.1, 0.15) is 0 Å². The van der Waals surface area contributed by atoms with Gasteiger partial charge in [-0.1, -0.05) is 26.2 Å². The van der Waals surface area contributed by atoms with E-state index in [1.165, 1.54) is 32.1 Å². The molecule has 0 spiro atoms. The maximum absolute atomic E-state index is 5.45. The summed E-state index contributed by atoms with van der Waals surface area (Å²) in [7, 11) is 1.71. The van der Waals surface area contributed by atoms with Crippen LogP contribution in [-0.4, -0.2) is 39.5 Å². The molecule has 0 aromatic heterocycles. The summed E-state index contributed by atoms with van der Waals surface area (Å²) in [5.74, 6) is 0.901. The van der Waals surface area contributed by atoms with Gasteiger partial charge in [-0.25, -0.2) is 0 Å². The Balaban J connectivity index is 1.97. The molecule has 0 aromatic carbocycles. The molecule has 0 radical (unpaired) electrons. The van der Waals surface area contributed by atoms with Crippen molar-refractivity contribution in [3.05, 3.63) is 0 Å². The van der Waals surface area contributed by atoms with Gasteiger partial charge in [-0.15, -0.1) is 0 Å². The van der Waals surface area contributed by atoms with Gasteiger partial charge in [0, 0.05) is 19.8 Å². The van der Waals surface area contributed by atoms with E-state index in [1.807, 2.05) is 0 Å². The highest BCUT2D eigenvalue weighted by atomic mass is 16.5. The SMILES string of the molecule is CCC1CCCCC1NCCCOCCOC. The van der Waals surface area contributed by atoms with Crippen molar-refractivity contribution >= 4 is 0 Å². The van der Waals surface area contributed by atoms with E-state index in [1.54, 1.807) is 7.11 Å². The first-order valence-corrected chi connectivity index (χ1v) is 7.18. The number of rotatable bonds is 9. The maximum Gasteiger partial charge on any atom is 0.0700 e. The Labute approximate surface area is 106 Å². The van der Waals surface area contributed by atoms with E-state index >= 15 is 0 Å². The summed E-state index contributed by atoms with van der Waals surface area (Å²) < 4.78 is 10.4. The third kappa shape index (κ3) is 6.39. The van der Waals surface area contributed by atoms with Gasteiger partial charge in [0.25, 0.3) is 0 Å². The fraction of sp³-hybridized carbons (Fsp3) is 1.00. The summed E-state index contributed by atoms with van der Waals surface area (Å²) in [6, 6.07) is 0.757. The van der Waals surface area contributed by atoms with Gasteiger partial charge >= 0.3 is 0 Å². The summed E-state index contributed by atoms with van der Waals surface area (Å²) >= 11 is 0. The molecule has 1 aliphatic rings. The highest BCUT2D eigenvalue weighted by molar-refractivity contribution is 4.79. The minimum absolute atomic E-state index is 0.702. The van der Waals surface area contributed by atoms with E-state index < -0.39 is 0 Å². The van der Waals surface area contributed by atoms with Crippen LogP contribution in [0.15, 0.2) is 0 Å². The molecule has 2 unspecified atom stereocenters. The molecule has 0 heterocycles. The van der Waals surface area contributed by atoms with Crippen LogP contribution in [0.3, 0.4) is 0 Å². The van der Waals surface area contributed by atoms with Gasteiger partial charge < -0.3 is 14.8 Å². The topological polar surface area (TPSA) is 30.5 Å². The average Bonchev–Trinajstić information content (AvgIpc) is 2.38. The molecule has 1 rings (SSSR count).